The third-order valence-corrected chi connectivity index (χ3v) is 2.97. The van der Waals surface area contributed by atoms with E-state index in [-0.39, 0.29) is 47.9 Å². The normalized spacial score (nSPS) is 11.4. The van der Waals surface area contributed by atoms with Crippen molar-refractivity contribution >= 4 is 35.6 Å². The van der Waals surface area contributed by atoms with Crippen molar-refractivity contribution in [2.24, 2.45) is 10.7 Å². The molecule has 0 aromatic heterocycles. The van der Waals surface area contributed by atoms with Crippen LogP contribution in [0.2, 0.25) is 0 Å². The quantitative estimate of drug-likeness (QED) is 0.394. The number of rotatable bonds is 5. The smallest absolute Gasteiger partial charge is 0.497 e. The molecular weight excluding hydrogens is 450 g/mol. The van der Waals surface area contributed by atoms with Gasteiger partial charge in [-0.3, -0.25) is 0 Å². The molecule has 0 radical (unpaired) electrons. The van der Waals surface area contributed by atoms with Crippen molar-refractivity contribution in [2.45, 2.75) is 12.9 Å². The van der Waals surface area contributed by atoms with Crippen molar-refractivity contribution in [3.8, 4) is 11.5 Å². The van der Waals surface area contributed by atoms with Crippen LogP contribution in [-0.2, 0) is 6.54 Å². The fourth-order valence-electron chi connectivity index (χ4n) is 1.87. The number of nitrogens with two attached hydrogens (primary N) is 1. The summed E-state index contributed by atoms with van der Waals surface area (Å²) in [6.45, 7) is 0.269. The first kappa shape index (κ1) is 20.9. The van der Waals surface area contributed by atoms with Gasteiger partial charge in [0.15, 0.2) is 11.7 Å². The Morgan fingerprint density at radius 2 is 1.76 bits per heavy atom. The van der Waals surface area contributed by atoms with Crippen LogP contribution in [0.1, 0.15) is 5.56 Å². The van der Waals surface area contributed by atoms with Gasteiger partial charge >= 0.3 is 6.36 Å². The Labute approximate surface area is 160 Å². The van der Waals surface area contributed by atoms with E-state index >= 15 is 0 Å². The Morgan fingerprint density at radius 1 is 1.12 bits per heavy atom. The summed E-state index contributed by atoms with van der Waals surface area (Å²) in [5, 5.41) is 2.60. The standard InChI is InChI=1S/C16H16F3N3O2.HI/c1-23-12-8-6-11(7-9-12)10-21-15(20)22-13-4-2-3-5-14(13)24-16(17,18)19;/h2-9H,10H2,1H3,(H3,20,21,22);1H. The number of nitrogens with zero attached hydrogens (tertiary/aromatic N) is 1. The molecule has 0 saturated carbocycles. The van der Waals surface area contributed by atoms with E-state index in [2.05, 4.69) is 15.0 Å². The van der Waals surface area contributed by atoms with Gasteiger partial charge in [-0.05, 0) is 29.8 Å². The van der Waals surface area contributed by atoms with Crippen molar-refractivity contribution < 1.29 is 22.6 Å². The van der Waals surface area contributed by atoms with Crippen molar-refractivity contribution in [2.75, 3.05) is 12.4 Å². The van der Waals surface area contributed by atoms with Gasteiger partial charge in [0.05, 0.1) is 19.3 Å². The molecule has 2 aromatic rings. The molecule has 0 aliphatic rings. The van der Waals surface area contributed by atoms with Gasteiger partial charge in [-0.1, -0.05) is 24.3 Å². The molecule has 5 nitrogen and oxygen atoms in total. The molecule has 136 valence electrons. The summed E-state index contributed by atoms with van der Waals surface area (Å²) in [5.74, 6) is 0.309. The second-order valence-corrected chi connectivity index (χ2v) is 4.72. The van der Waals surface area contributed by atoms with Crippen molar-refractivity contribution in [3.63, 3.8) is 0 Å². The zero-order chi connectivity index (χ0) is 17.6. The summed E-state index contributed by atoms with van der Waals surface area (Å²) in [7, 11) is 1.57. The average Bonchev–Trinajstić information content (AvgIpc) is 2.54. The number of nitrogens with one attached hydrogen (secondary N) is 1. The first-order chi connectivity index (χ1) is 11.4. The van der Waals surface area contributed by atoms with Crippen LogP contribution in [0.4, 0.5) is 18.9 Å². The fourth-order valence-corrected chi connectivity index (χ4v) is 1.87. The highest BCUT2D eigenvalue weighted by Gasteiger charge is 2.32. The number of benzene rings is 2. The lowest BCUT2D eigenvalue weighted by atomic mass is 10.2. The minimum Gasteiger partial charge on any atom is -0.497 e. The average molecular weight is 467 g/mol. The Balaban J connectivity index is 0.00000312. The van der Waals surface area contributed by atoms with E-state index in [0.717, 1.165) is 5.56 Å². The highest BCUT2D eigenvalue weighted by atomic mass is 127. The molecule has 0 heterocycles. The van der Waals surface area contributed by atoms with Crippen LogP contribution in [0.3, 0.4) is 0 Å². The number of anilines is 1. The number of hydrogen-bond acceptors (Lipinski definition) is 3. The van der Waals surface area contributed by atoms with Gasteiger partial charge in [-0.15, -0.1) is 37.1 Å². The number of guanidine groups is 1. The Morgan fingerprint density at radius 3 is 2.36 bits per heavy atom. The van der Waals surface area contributed by atoms with E-state index < -0.39 is 6.36 Å². The molecule has 0 spiro atoms. The van der Waals surface area contributed by atoms with E-state index in [9.17, 15) is 13.2 Å². The first-order valence-electron chi connectivity index (χ1n) is 6.92. The predicted molar refractivity (Wildman–Crippen MR) is 100 cm³/mol. The van der Waals surface area contributed by atoms with Gasteiger partial charge < -0.3 is 20.5 Å². The second kappa shape index (κ2) is 9.35. The van der Waals surface area contributed by atoms with E-state index in [4.69, 9.17) is 10.5 Å². The first-order valence-corrected chi connectivity index (χ1v) is 6.92. The number of alkyl halides is 3. The Hall–Kier alpha value is -2.17. The summed E-state index contributed by atoms with van der Waals surface area (Å²) in [6, 6.07) is 12.8. The fraction of sp³-hybridized carbons (Fsp3) is 0.188. The molecule has 0 atom stereocenters. The predicted octanol–water partition coefficient (Wildman–Crippen LogP) is 4.14. The van der Waals surface area contributed by atoms with Crippen LogP contribution in [-0.4, -0.2) is 19.4 Å². The number of methoxy groups -OCH3 is 1. The van der Waals surface area contributed by atoms with E-state index in [1.54, 1.807) is 25.3 Å². The maximum atomic E-state index is 12.4. The van der Waals surface area contributed by atoms with Gasteiger partial charge in [0.2, 0.25) is 0 Å². The van der Waals surface area contributed by atoms with E-state index in [1.807, 2.05) is 12.1 Å². The Kier molecular flexibility index (Phi) is 7.81. The van der Waals surface area contributed by atoms with Gasteiger partial charge in [0.25, 0.3) is 0 Å². The molecule has 2 aromatic carbocycles. The van der Waals surface area contributed by atoms with Gasteiger partial charge in [0.1, 0.15) is 5.75 Å². The summed E-state index contributed by atoms with van der Waals surface area (Å²) in [4.78, 5) is 4.09. The molecular formula is C16H17F3IN3O2. The zero-order valence-electron chi connectivity index (χ0n) is 13.2. The maximum absolute atomic E-state index is 12.4. The van der Waals surface area contributed by atoms with Crippen molar-refractivity contribution in [3.05, 3.63) is 54.1 Å². The van der Waals surface area contributed by atoms with Crippen LogP contribution in [0, 0.1) is 0 Å². The lowest BCUT2D eigenvalue weighted by Gasteiger charge is -2.14. The molecule has 9 heteroatoms. The Bertz CT molecular complexity index is 707. The van der Waals surface area contributed by atoms with Crippen LogP contribution in [0.5, 0.6) is 11.5 Å². The van der Waals surface area contributed by atoms with Crippen LogP contribution in [0.15, 0.2) is 53.5 Å². The molecule has 25 heavy (non-hydrogen) atoms. The molecule has 3 N–H and O–H groups in total. The minimum atomic E-state index is -4.78. The monoisotopic (exact) mass is 467 g/mol. The molecule has 2 rings (SSSR count). The number of para-hydroxylation sites is 2. The summed E-state index contributed by atoms with van der Waals surface area (Å²) >= 11 is 0. The van der Waals surface area contributed by atoms with Crippen LogP contribution < -0.4 is 20.5 Å². The highest BCUT2D eigenvalue weighted by molar-refractivity contribution is 14.0. The van der Waals surface area contributed by atoms with Crippen molar-refractivity contribution in [1.29, 1.82) is 0 Å². The molecule has 0 amide bonds. The van der Waals surface area contributed by atoms with Crippen LogP contribution >= 0.6 is 24.0 Å². The van der Waals surface area contributed by atoms with Gasteiger partial charge in [0, 0.05) is 0 Å². The molecule has 0 fully saturated rings. The SMILES string of the molecule is COc1ccc(CN=C(N)Nc2ccccc2OC(F)(F)F)cc1.I. The molecule has 0 aliphatic heterocycles. The molecule has 0 saturated heterocycles. The zero-order valence-corrected chi connectivity index (χ0v) is 15.5. The third kappa shape index (κ3) is 7.08. The third-order valence-electron chi connectivity index (χ3n) is 2.97. The minimum absolute atomic E-state index is 0. The van der Waals surface area contributed by atoms with E-state index in [1.165, 1.54) is 18.2 Å². The number of aliphatic imine (C=N–C) groups is 1. The molecule has 0 unspecified atom stereocenters. The lowest BCUT2D eigenvalue weighted by molar-refractivity contribution is -0.274. The number of ether oxygens (including phenoxy) is 2. The maximum Gasteiger partial charge on any atom is 0.573 e. The molecule has 0 aliphatic carbocycles. The van der Waals surface area contributed by atoms with Crippen molar-refractivity contribution in [1.82, 2.24) is 0 Å². The van der Waals surface area contributed by atoms with E-state index in [0.29, 0.717) is 5.75 Å². The second-order valence-electron chi connectivity index (χ2n) is 4.72. The number of halogens is 4. The summed E-state index contributed by atoms with van der Waals surface area (Å²) in [5.41, 5.74) is 6.67. The largest absolute Gasteiger partial charge is 0.573 e. The molecule has 0 bridgehead atoms. The topological polar surface area (TPSA) is 68.9 Å². The van der Waals surface area contributed by atoms with Crippen LogP contribution in [0.25, 0.3) is 0 Å². The lowest BCUT2D eigenvalue weighted by Crippen LogP contribution is -2.24. The van der Waals surface area contributed by atoms with Gasteiger partial charge in [-0.25, -0.2) is 4.99 Å². The number of hydrogen-bond donors (Lipinski definition) is 2. The van der Waals surface area contributed by atoms with Gasteiger partial charge in [-0.2, -0.15) is 0 Å². The summed E-state index contributed by atoms with van der Waals surface area (Å²) in [6.07, 6.45) is -4.78. The highest BCUT2D eigenvalue weighted by Crippen LogP contribution is 2.29. The summed E-state index contributed by atoms with van der Waals surface area (Å²) < 4.78 is 46.1.